The lowest BCUT2D eigenvalue weighted by Crippen LogP contribution is -2.47. The van der Waals surface area contributed by atoms with Crippen molar-refractivity contribution in [3.8, 4) is 5.75 Å². The normalized spacial score (nSPS) is 18.4. The average Bonchev–Trinajstić information content (AvgIpc) is 3.44. The number of nitrogens with one attached hydrogen (secondary N) is 3. The van der Waals surface area contributed by atoms with Crippen molar-refractivity contribution in [3.05, 3.63) is 58.6 Å². The Hall–Kier alpha value is -2.89. The van der Waals surface area contributed by atoms with Crippen LogP contribution in [0.15, 0.2) is 47.5 Å². The molecule has 0 spiro atoms. The van der Waals surface area contributed by atoms with Gasteiger partial charge in [-0.15, -0.1) is 0 Å². The molecule has 3 atom stereocenters. The van der Waals surface area contributed by atoms with Gasteiger partial charge in [-0.2, -0.15) is 0 Å². The Bertz CT molecular complexity index is 1310. The van der Waals surface area contributed by atoms with Crippen LogP contribution in [-0.4, -0.2) is 129 Å². The standard InChI is InChI=1S/C35H53ClN6O8/c1-3-38-33(43)25-31-35-41-40-26(2)42(35)32-9-8-29(24-30(32)34(39-31)27-4-6-28(36)7-5-27)50-23-22-49-21-20-48-19-18-47-17-16-46-15-14-45-13-12-44-11-10-37/h4-9,24,26,31,35,40-41H,3,10-23,25,37H2,1-2H3,(H,38,43)/t26?,31-,35?/m0/s1. The summed E-state index contributed by atoms with van der Waals surface area (Å²) in [5, 5.41) is 3.55. The van der Waals surface area contributed by atoms with Gasteiger partial charge in [-0.1, -0.05) is 23.7 Å². The maximum atomic E-state index is 12.7. The summed E-state index contributed by atoms with van der Waals surface area (Å²) in [4.78, 5) is 20.2. The van der Waals surface area contributed by atoms with Crippen LogP contribution in [0.5, 0.6) is 5.75 Å². The van der Waals surface area contributed by atoms with E-state index in [-0.39, 0.29) is 30.7 Å². The molecule has 1 fully saturated rings. The van der Waals surface area contributed by atoms with Crippen molar-refractivity contribution in [1.29, 1.82) is 0 Å². The monoisotopic (exact) mass is 720 g/mol. The summed E-state index contributed by atoms with van der Waals surface area (Å²) in [6.45, 7) is 11.3. The van der Waals surface area contributed by atoms with Crippen LogP contribution < -0.4 is 31.5 Å². The van der Waals surface area contributed by atoms with Gasteiger partial charge >= 0.3 is 0 Å². The molecule has 1 amide bonds. The molecule has 1 saturated heterocycles. The molecule has 2 aliphatic rings. The molecule has 2 aromatic carbocycles. The van der Waals surface area contributed by atoms with Gasteiger partial charge in [0.15, 0.2) is 0 Å². The van der Waals surface area contributed by atoms with Crippen molar-refractivity contribution in [3.63, 3.8) is 0 Å². The number of fused-ring (bicyclic) bond motifs is 3. The topological polar surface area (TPSA) is 159 Å². The highest BCUT2D eigenvalue weighted by Crippen LogP contribution is 2.36. The highest BCUT2D eigenvalue weighted by atomic mass is 35.5. The van der Waals surface area contributed by atoms with Gasteiger partial charge in [0.2, 0.25) is 5.91 Å². The van der Waals surface area contributed by atoms with Gasteiger partial charge in [0, 0.05) is 34.9 Å². The van der Waals surface area contributed by atoms with Crippen molar-refractivity contribution in [2.24, 2.45) is 10.7 Å². The molecule has 278 valence electrons. The number of aliphatic imine (C=N–C) groups is 1. The van der Waals surface area contributed by atoms with Gasteiger partial charge < -0.3 is 49.1 Å². The van der Waals surface area contributed by atoms with Crippen molar-refractivity contribution < 1.29 is 38.0 Å². The first kappa shape index (κ1) is 39.9. The Kier molecular flexibility index (Phi) is 18.2. The first-order chi connectivity index (χ1) is 24.5. The van der Waals surface area contributed by atoms with Crippen LogP contribution in [0.4, 0.5) is 5.69 Å². The Balaban J connectivity index is 1.19. The summed E-state index contributed by atoms with van der Waals surface area (Å²) in [5.74, 6) is 0.644. The maximum Gasteiger partial charge on any atom is 0.222 e. The van der Waals surface area contributed by atoms with Crippen molar-refractivity contribution in [2.45, 2.75) is 38.6 Å². The van der Waals surface area contributed by atoms with Crippen LogP contribution >= 0.6 is 11.6 Å². The molecule has 0 aliphatic carbocycles. The van der Waals surface area contributed by atoms with E-state index in [2.05, 4.69) is 28.0 Å². The SMILES string of the molecule is CCNC(=O)C[C@@H]1N=C(c2ccc(Cl)cc2)c2cc(OCCOCCOCCOCCOCCOCCOCCN)ccc2N2C(C)NNC12. The van der Waals surface area contributed by atoms with Crippen LogP contribution in [0.25, 0.3) is 0 Å². The molecular formula is C35H53ClN6O8. The molecule has 5 N–H and O–H groups in total. The molecule has 2 aliphatic heterocycles. The molecule has 2 aromatic rings. The third-order valence-electron chi connectivity index (χ3n) is 7.82. The molecule has 2 unspecified atom stereocenters. The molecule has 15 heteroatoms. The van der Waals surface area contributed by atoms with E-state index in [0.29, 0.717) is 110 Å². The van der Waals surface area contributed by atoms with Gasteiger partial charge in [0.1, 0.15) is 18.5 Å². The van der Waals surface area contributed by atoms with Crippen LogP contribution in [-0.2, 0) is 33.2 Å². The predicted octanol–water partition coefficient (Wildman–Crippen LogP) is 2.11. The summed E-state index contributed by atoms with van der Waals surface area (Å²) in [6, 6.07) is 13.2. The van der Waals surface area contributed by atoms with Crippen molar-refractivity contribution >= 4 is 28.9 Å². The molecule has 4 rings (SSSR count). The maximum absolute atomic E-state index is 12.7. The molecule has 14 nitrogen and oxygen atoms in total. The van der Waals surface area contributed by atoms with E-state index < -0.39 is 0 Å². The lowest BCUT2D eigenvalue weighted by molar-refractivity contribution is -0.121. The zero-order valence-electron chi connectivity index (χ0n) is 29.2. The van der Waals surface area contributed by atoms with Crippen LogP contribution in [0.2, 0.25) is 5.02 Å². The highest BCUT2D eigenvalue weighted by Gasteiger charge is 2.40. The van der Waals surface area contributed by atoms with Gasteiger partial charge in [-0.05, 0) is 44.2 Å². The first-order valence-corrected chi connectivity index (χ1v) is 17.7. The molecule has 0 saturated carbocycles. The van der Waals surface area contributed by atoms with Crippen LogP contribution in [0.3, 0.4) is 0 Å². The highest BCUT2D eigenvalue weighted by molar-refractivity contribution is 6.30. The fraction of sp³-hybridized carbons (Fsp3) is 0.600. The predicted molar refractivity (Wildman–Crippen MR) is 192 cm³/mol. The zero-order valence-corrected chi connectivity index (χ0v) is 30.0. The molecular weight excluding hydrogens is 668 g/mol. The van der Waals surface area contributed by atoms with E-state index in [1.54, 1.807) is 0 Å². The first-order valence-electron chi connectivity index (χ1n) is 17.3. The number of halogens is 1. The number of carbonyl (C=O) groups excluding carboxylic acids is 1. The molecule has 0 radical (unpaired) electrons. The second-order valence-electron chi connectivity index (χ2n) is 11.5. The van der Waals surface area contributed by atoms with E-state index in [1.807, 2.05) is 49.4 Å². The summed E-state index contributed by atoms with van der Waals surface area (Å²) in [7, 11) is 0. The Labute approximate surface area is 300 Å². The lowest BCUT2D eigenvalue weighted by Gasteiger charge is -2.31. The third-order valence-corrected chi connectivity index (χ3v) is 8.07. The summed E-state index contributed by atoms with van der Waals surface area (Å²) in [6.07, 6.45) is -0.0296. The Morgan fingerprint density at radius 2 is 1.38 bits per heavy atom. The summed E-state index contributed by atoms with van der Waals surface area (Å²) >= 11 is 6.23. The van der Waals surface area contributed by atoms with Crippen LogP contribution in [0, 0.1) is 0 Å². The van der Waals surface area contributed by atoms with Gasteiger partial charge in [0.05, 0.1) is 104 Å². The number of rotatable bonds is 25. The Morgan fingerprint density at radius 1 is 0.820 bits per heavy atom. The summed E-state index contributed by atoms with van der Waals surface area (Å²) in [5.41, 5.74) is 15.6. The molecule has 0 aromatic heterocycles. The van der Waals surface area contributed by atoms with Crippen molar-refractivity contribution in [1.82, 2.24) is 16.2 Å². The number of hydrogen-bond acceptors (Lipinski definition) is 13. The van der Waals surface area contributed by atoms with Gasteiger partial charge in [-0.25, -0.2) is 10.9 Å². The quantitative estimate of drug-likeness (QED) is 0.111. The second-order valence-corrected chi connectivity index (χ2v) is 12.0. The number of ether oxygens (including phenoxy) is 7. The smallest absolute Gasteiger partial charge is 0.222 e. The molecule has 50 heavy (non-hydrogen) atoms. The number of nitrogens with two attached hydrogens (primary N) is 1. The molecule has 0 bridgehead atoms. The number of amides is 1. The van der Waals surface area contributed by atoms with Crippen LogP contribution in [0.1, 0.15) is 31.4 Å². The fourth-order valence-electron chi connectivity index (χ4n) is 5.51. The second kappa shape index (κ2) is 22.8. The number of nitrogens with zero attached hydrogens (tertiary/aromatic N) is 2. The zero-order chi connectivity index (χ0) is 35.4. The average molecular weight is 721 g/mol. The van der Waals surface area contributed by atoms with E-state index in [9.17, 15) is 4.79 Å². The van der Waals surface area contributed by atoms with E-state index >= 15 is 0 Å². The number of hydrogen-bond donors (Lipinski definition) is 4. The third kappa shape index (κ3) is 13.0. The van der Waals surface area contributed by atoms with Crippen molar-refractivity contribution in [2.75, 3.05) is 104 Å². The van der Waals surface area contributed by atoms with E-state index in [0.717, 1.165) is 22.5 Å². The largest absolute Gasteiger partial charge is 0.491 e. The van der Waals surface area contributed by atoms with E-state index in [1.165, 1.54) is 0 Å². The number of carbonyl (C=O) groups is 1. The minimum atomic E-state index is -0.355. The minimum Gasteiger partial charge on any atom is -0.491 e. The lowest BCUT2D eigenvalue weighted by atomic mass is 9.99. The summed E-state index contributed by atoms with van der Waals surface area (Å²) < 4.78 is 39.0. The van der Waals surface area contributed by atoms with Gasteiger partial charge in [0.25, 0.3) is 0 Å². The number of benzene rings is 2. The number of hydrazine groups is 1. The molecule has 2 heterocycles. The van der Waals surface area contributed by atoms with Gasteiger partial charge in [-0.3, -0.25) is 9.79 Å². The van der Waals surface area contributed by atoms with E-state index in [4.69, 9.17) is 55.5 Å². The minimum absolute atomic E-state index is 0.0351. The Morgan fingerprint density at radius 3 is 1.94 bits per heavy atom. The number of anilines is 1. The fourth-order valence-corrected chi connectivity index (χ4v) is 5.64.